The molecular weight excluding hydrogens is 278 g/mol. The van der Waals surface area contributed by atoms with Crippen LogP contribution in [0.15, 0.2) is 28.1 Å². The van der Waals surface area contributed by atoms with Gasteiger partial charge in [0.05, 0.1) is 12.3 Å². The Bertz CT molecular complexity index is 459. The molecule has 98 valence electrons. The van der Waals surface area contributed by atoms with Gasteiger partial charge in [-0.1, -0.05) is 11.8 Å². The van der Waals surface area contributed by atoms with Gasteiger partial charge in [-0.05, 0) is 12.1 Å². The molecule has 0 aliphatic rings. The molecule has 0 fully saturated rings. The van der Waals surface area contributed by atoms with Crippen LogP contribution < -0.4 is 5.32 Å². The zero-order valence-corrected chi connectivity index (χ0v) is 11.1. The highest BCUT2D eigenvalue weighted by atomic mass is 32.2. The lowest BCUT2D eigenvalue weighted by atomic mass is 10.4. The van der Waals surface area contributed by atoms with Gasteiger partial charge in [0.25, 0.3) is 5.76 Å². The van der Waals surface area contributed by atoms with Gasteiger partial charge in [-0.15, -0.1) is 11.3 Å². The highest BCUT2D eigenvalue weighted by Gasteiger charge is 2.07. The summed E-state index contributed by atoms with van der Waals surface area (Å²) in [6, 6.07) is 3.53. The second-order valence-electron chi connectivity index (χ2n) is 3.47. The molecule has 2 aromatic heterocycles. The van der Waals surface area contributed by atoms with Gasteiger partial charge in [-0.3, -0.25) is 0 Å². The number of hydrogen-bond donors (Lipinski definition) is 1. The van der Waals surface area contributed by atoms with Crippen LogP contribution >= 0.6 is 23.1 Å². The molecule has 0 amide bonds. The summed E-state index contributed by atoms with van der Waals surface area (Å²) in [7, 11) is 0. The Labute approximate surface area is 112 Å². The van der Waals surface area contributed by atoms with Crippen molar-refractivity contribution in [3.05, 3.63) is 40.2 Å². The van der Waals surface area contributed by atoms with E-state index < -0.39 is 5.76 Å². The van der Waals surface area contributed by atoms with Crippen LogP contribution in [0.2, 0.25) is 0 Å². The Hall–Kier alpha value is -0.920. The van der Waals surface area contributed by atoms with Gasteiger partial charge >= 0.3 is 0 Å². The summed E-state index contributed by atoms with van der Waals surface area (Å²) in [5.74, 6) is -0.839. The van der Waals surface area contributed by atoms with E-state index in [1.807, 2.05) is 5.38 Å². The predicted octanol–water partition coefficient (Wildman–Crippen LogP) is 3.48. The van der Waals surface area contributed by atoms with Crippen molar-refractivity contribution in [3.8, 4) is 0 Å². The first-order valence-corrected chi connectivity index (χ1v) is 7.23. The largest absolute Gasteiger partial charge is 0.464 e. The van der Waals surface area contributed by atoms with Gasteiger partial charge < -0.3 is 9.73 Å². The van der Waals surface area contributed by atoms with E-state index in [9.17, 15) is 8.78 Å². The molecule has 0 aromatic carbocycles. The fourth-order valence-corrected chi connectivity index (χ4v) is 2.40. The summed E-state index contributed by atoms with van der Waals surface area (Å²) in [4.78, 5) is 4.14. The minimum absolute atomic E-state index is 0.199. The standard InChI is InChI=1S/C11H12F2N2OS2/c12-11(13)18-7-9-2-1-8(16-9)5-14-6-10-15-3-4-17-10/h1-4,11,14H,5-7H2. The molecule has 1 N–H and O–H groups in total. The SMILES string of the molecule is FC(F)SCc1ccc(CNCc2nccs2)o1. The van der Waals surface area contributed by atoms with Crippen molar-refractivity contribution in [2.24, 2.45) is 0 Å². The number of alkyl halides is 2. The van der Waals surface area contributed by atoms with Crippen LogP contribution in [0, 0.1) is 0 Å². The van der Waals surface area contributed by atoms with Crippen molar-refractivity contribution in [2.75, 3.05) is 0 Å². The normalized spacial score (nSPS) is 11.3. The fourth-order valence-electron chi connectivity index (χ4n) is 1.37. The summed E-state index contributed by atoms with van der Waals surface area (Å²) in [5.41, 5.74) is 0. The van der Waals surface area contributed by atoms with Crippen molar-refractivity contribution in [1.29, 1.82) is 0 Å². The Balaban J connectivity index is 1.73. The molecule has 0 unspecified atom stereocenters. The number of hydrogen-bond acceptors (Lipinski definition) is 5. The summed E-state index contributed by atoms with van der Waals surface area (Å²) in [5, 5.41) is 6.11. The van der Waals surface area contributed by atoms with Crippen LogP contribution in [-0.2, 0) is 18.8 Å². The summed E-state index contributed by atoms with van der Waals surface area (Å²) < 4.78 is 29.4. The molecule has 0 aliphatic carbocycles. The topological polar surface area (TPSA) is 38.1 Å². The van der Waals surface area contributed by atoms with Gasteiger partial charge in [0.1, 0.15) is 16.5 Å². The molecule has 0 saturated heterocycles. The van der Waals surface area contributed by atoms with Gasteiger partial charge in [0.15, 0.2) is 0 Å². The summed E-state index contributed by atoms with van der Waals surface area (Å²) in [6.45, 7) is 1.25. The maximum Gasteiger partial charge on any atom is 0.284 e. The third kappa shape index (κ3) is 4.40. The molecule has 0 atom stereocenters. The van der Waals surface area contributed by atoms with Crippen LogP contribution in [0.1, 0.15) is 16.5 Å². The van der Waals surface area contributed by atoms with Crippen molar-refractivity contribution in [2.45, 2.75) is 24.6 Å². The van der Waals surface area contributed by atoms with E-state index in [4.69, 9.17) is 4.42 Å². The number of furan rings is 1. The van der Waals surface area contributed by atoms with Gasteiger partial charge in [0, 0.05) is 18.1 Å². The lowest BCUT2D eigenvalue weighted by Gasteiger charge is -2.00. The molecule has 3 nitrogen and oxygen atoms in total. The van der Waals surface area contributed by atoms with E-state index in [0.717, 1.165) is 10.8 Å². The Morgan fingerprint density at radius 2 is 2.17 bits per heavy atom. The molecule has 7 heteroatoms. The molecule has 2 aromatic rings. The maximum absolute atomic E-state index is 12.0. The van der Waals surface area contributed by atoms with Gasteiger partial charge in [-0.2, -0.15) is 8.78 Å². The van der Waals surface area contributed by atoms with E-state index in [1.54, 1.807) is 29.7 Å². The van der Waals surface area contributed by atoms with Crippen LogP contribution in [0.4, 0.5) is 8.78 Å². The second-order valence-corrected chi connectivity index (χ2v) is 5.43. The van der Waals surface area contributed by atoms with E-state index in [-0.39, 0.29) is 5.75 Å². The first-order valence-electron chi connectivity index (χ1n) is 5.30. The van der Waals surface area contributed by atoms with Crippen LogP contribution in [0.25, 0.3) is 0 Å². The average Bonchev–Trinajstić information content (AvgIpc) is 2.97. The minimum Gasteiger partial charge on any atom is -0.464 e. The van der Waals surface area contributed by atoms with Gasteiger partial charge in [0.2, 0.25) is 0 Å². The monoisotopic (exact) mass is 290 g/mol. The number of thiazole rings is 1. The Kier molecular flexibility index (Phi) is 5.15. The Morgan fingerprint density at radius 1 is 1.33 bits per heavy atom. The number of thioether (sulfide) groups is 1. The summed E-state index contributed by atoms with van der Waals surface area (Å²) >= 11 is 2.15. The average molecular weight is 290 g/mol. The number of nitrogens with one attached hydrogen (secondary N) is 1. The molecule has 0 spiro atoms. The van der Waals surface area contributed by atoms with Gasteiger partial charge in [-0.25, -0.2) is 4.98 Å². The molecule has 18 heavy (non-hydrogen) atoms. The number of nitrogens with zero attached hydrogens (tertiary/aromatic N) is 1. The first kappa shape index (κ1) is 13.5. The van der Waals surface area contributed by atoms with Crippen LogP contribution in [-0.4, -0.2) is 10.7 Å². The molecular formula is C11H12F2N2OS2. The highest BCUT2D eigenvalue weighted by molar-refractivity contribution is 7.98. The second kappa shape index (κ2) is 6.86. The lowest BCUT2D eigenvalue weighted by molar-refractivity contribution is 0.251. The van der Waals surface area contributed by atoms with Crippen LogP contribution in [0.3, 0.4) is 0 Å². The van der Waals surface area contributed by atoms with Crippen LogP contribution in [0.5, 0.6) is 0 Å². The van der Waals surface area contributed by atoms with E-state index in [0.29, 0.717) is 30.6 Å². The lowest BCUT2D eigenvalue weighted by Crippen LogP contribution is -2.11. The predicted molar refractivity (Wildman–Crippen MR) is 68.7 cm³/mol. The molecule has 2 rings (SSSR count). The van der Waals surface area contributed by atoms with E-state index in [2.05, 4.69) is 10.3 Å². The zero-order chi connectivity index (χ0) is 12.8. The molecule has 0 saturated carbocycles. The number of rotatable bonds is 7. The Morgan fingerprint density at radius 3 is 2.89 bits per heavy atom. The third-order valence-corrected chi connectivity index (χ3v) is 3.61. The zero-order valence-electron chi connectivity index (χ0n) is 9.44. The fraction of sp³-hybridized carbons (Fsp3) is 0.364. The van der Waals surface area contributed by atoms with E-state index >= 15 is 0 Å². The third-order valence-electron chi connectivity index (χ3n) is 2.13. The van der Waals surface area contributed by atoms with Crippen molar-refractivity contribution in [3.63, 3.8) is 0 Å². The number of halogens is 2. The molecule has 2 heterocycles. The molecule has 0 bridgehead atoms. The first-order chi connectivity index (χ1) is 8.74. The molecule has 0 radical (unpaired) electrons. The maximum atomic E-state index is 12.0. The van der Waals surface area contributed by atoms with E-state index in [1.165, 1.54) is 0 Å². The smallest absolute Gasteiger partial charge is 0.284 e. The van der Waals surface area contributed by atoms with Crippen molar-refractivity contribution >= 4 is 23.1 Å². The van der Waals surface area contributed by atoms with Crippen molar-refractivity contribution < 1.29 is 13.2 Å². The summed E-state index contributed by atoms with van der Waals surface area (Å²) in [6.07, 6.45) is 1.76. The molecule has 0 aliphatic heterocycles. The van der Waals surface area contributed by atoms with Crippen molar-refractivity contribution in [1.82, 2.24) is 10.3 Å². The number of aromatic nitrogens is 1. The quantitative estimate of drug-likeness (QED) is 0.847. The highest BCUT2D eigenvalue weighted by Crippen LogP contribution is 2.21. The minimum atomic E-state index is -2.36.